The van der Waals surface area contributed by atoms with Gasteiger partial charge < -0.3 is 19.6 Å². The molecule has 4 rings (SSSR count). The molecule has 1 aromatic heterocycles. The van der Waals surface area contributed by atoms with Gasteiger partial charge in [0.2, 0.25) is 0 Å². The van der Waals surface area contributed by atoms with Crippen LogP contribution in [0.2, 0.25) is 0 Å². The predicted octanol–water partition coefficient (Wildman–Crippen LogP) is 2.04. The van der Waals surface area contributed by atoms with Gasteiger partial charge in [-0.2, -0.15) is 0 Å². The van der Waals surface area contributed by atoms with E-state index in [0.717, 1.165) is 42.5 Å². The zero-order chi connectivity index (χ0) is 15.1. The minimum Gasteiger partial charge on any atom is -0.378 e. The number of benzene rings is 1. The van der Waals surface area contributed by atoms with Crippen molar-refractivity contribution in [2.45, 2.75) is 37.3 Å². The molecule has 2 aromatic rings. The van der Waals surface area contributed by atoms with Gasteiger partial charge in [-0.1, -0.05) is 18.2 Å². The summed E-state index contributed by atoms with van der Waals surface area (Å²) in [7, 11) is 2.16. The zero-order valence-corrected chi connectivity index (χ0v) is 12.7. The first-order chi connectivity index (χ1) is 10.7. The highest BCUT2D eigenvalue weighted by molar-refractivity contribution is 5.83. The average Bonchev–Trinajstić information content (AvgIpc) is 2.92. The number of hydrogen-bond acceptors (Lipinski definition) is 4. The van der Waals surface area contributed by atoms with E-state index >= 15 is 0 Å². The van der Waals surface area contributed by atoms with Crippen molar-refractivity contribution in [3.8, 4) is 0 Å². The minimum atomic E-state index is -0.883. The Morgan fingerprint density at radius 1 is 1.27 bits per heavy atom. The second-order valence-electron chi connectivity index (χ2n) is 6.38. The van der Waals surface area contributed by atoms with Crippen LogP contribution in [0.4, 0.5) is 0 Å². The summed E-state index contributed by atoms with van der Waals surface area (Å²) < 4.78 is 11.6. The van der Waals surface area contributed by atoms with Crippen LogP contribution < -0.4 is 0 Å². The molecule has 2 saturated heterocycles. The van der Waals surface area contributed by atoms with E-state index in [-0.39, 0.29) is 6.10 Å². The van der Waals surface area contributed by atoms with Gasteiger partial charge in [0, 0.05) is 34.7 Å². The predicted molar refractivity (Wildman–Crippen MR) is 83.5 cm³/mol. The van der Waals surface area contributed by atoms with Crippen LogP contribution in [0.1, 0.15) is 24.7 Å². The number of aliphatic hydroxyl groups excluding tert-OH is 1. The number of rotatable bonds is 3. The van der Waals surface area contributed by atoms with E-state index in [9.17, 15) is 5.11 Å². The van der Waals surface area contributed by atoms with Crippen molar-refractivity contribution in [3.63, 3.8) is 0 Å². The summed E-state index contributed by atoms with van der Waals surface area (Å²) >= 11 is 0. The molecular formula is C17H22N2O3. The molecule has 1 aromatic carbocycles. The Labute approximate surface area is 129 Å². The second kappa shape index (κ2) is 5.66. The fourth-order valence-electron chi connectivity index (χ4n) is 3.71. The molecule has 2 aliphatic rings. The van der Waals surface area contributed by atoms with Crippen LogP contribution in [0, 0.1) is 0 Å². The lowest BCUT2D eigenvalue weighted by Crippen LogP contribution is -2.56. The molecule has 5 heteroatoms. The number of piperidine rings is 1. The van der Waals surface area contributed by atoms with Gasteiger partial charge in [0.15, 0.2) is 6.29 Å². The molecule has 118 valence electrons. The van der Waals surface area contributed by atoms with Crippen LogP contribution in [0.25, 0.3) is 10.9 Å². The average molecular weight is 302 g/mol. The van der Waals surface area contributed by atoms with Crippen molar-refractivity contribution in [2.24, 2.45) is 0 Å². The number of H-pyrrole nitrogens is 1. The number of para-hydroxylation sites is 1. The van der Waals surface area contributed by atoms with E-state index in [4.69, 9.17) is 9.47 Å². The monoisotopic (exact) mass is 302 g/mol. The number of aromatic nitrogens is 1. The van der Waals surface area contributed by atoms with Crippen LogP contribution in [0.15, 0.2) is 30.5 Å². The van der Waals surface area contributed by atoms with Crippen LogP contribution >= 0.6 is 0 Å². The van der Waals surface area contributed by atoms with Crippen molar-refractivity contribution >= 4 is 10.9 Å². The molecule has 0 saturated carbocycles. The molecule has 0 radical (unpaired) electrons. The summed E-state index contributed by atoms with van der Waals surface area (Å²) in [4.78, 5) is 5.58. The second-order valence-corrected chi connectivity index (χ2v) is 6.38. The molecular weight excluding hydrogens is 280 g/mol. The lowest BCUT2D eigenvalue weighted by atomic mass is 9.92. The van der Waals surface area contributed by atoms with Crippen molar-refractivity contribution in [1.82, 2.24) is 9.88 Å². The highest BCUT2D eigenvalue weighted by Crippen LogP contribution is 2.32. The largest absolute Gasteiger partial charge is 0.378 e. The number of hydrogen-bond donors (Lipinski definition) is 2. The molecule has 0 aliphatic carbocycles. The van der Waals surface area contributed by atoms with Crippen molar-refractivity contribution < 1.29 is 14.6 Å². The van der Waals surface area contributed by atoms with Gasteiger partial charge in [-0.3, -0.25) is 4.90 Å². The number of nitrogens with zero attached hydrogens (tertiary/aromatic N) is 1. The number of aromatic amines is 1. The summed E-state index contributed by atoms with van der Waals surface area (Å²) in [6.45, 7) is 1.52. The summed E-state index contributed by atoms with van der Waals surface area (Å²) in [6, 6.07) is 8.76. The Bertz CT molecular complexity index is 642. The standard InChI is InChI=1S/C17H22N2O3/c1-19-11-6-13(7-12(19)10-21-9-11)22-17(20)15-8-18-16-5-3-2-4-14(15)16/h2-5,8,11-13,17-18,20H,6-7,9-10H2,1H3. The summed E-state index contributed by atoms with van der Waals surface area (Å²) in [5.41, 5.74) is 1.84. The molecule has 3 heterocycles. The maximum atomic E-state index is 10.5. The fourth-order valence-corrected chi connectivity index (χ4v) is 3.71. The Morgan fingerprint density at radius 3 is 2.77 bits per heavy atom. The number of ether oxygens (including phenoxy) is 2. The van der Waals surface area contributed by atoms with Crippen molar-refractivity contribution in [1.29, 1.82) is 0 Å². The molecule has 2 bridgehead atoms. The number of aliphatic hydroxyl groups is 1. The molecule has 22 heavy (non-hydrogen) atoms. The Hall–Kier alpha value is -1.40. The third kappa shape index (κ3) is 2.44. The third-order valence-electron chi connectivity index (χ3n) is 5.05. The van der Waals surface area contributed by atoms with E-state index in [1.807, 2.05) is 30.5 Å². The molecule has 2 fully saturated rings. The lowest BCUT2D eigenvalue weighted by molar-refractivity contribution is -0.180. The van der Waals surface area contributed by atoms with Gasteiger partial charge in [0.05, 0.1) is 19.3 Å². The van der Waals surface area contributed by atoms with E-state index in [1.54, 1.807) is 0 Å². The maximum Gasteiger partial charge on any atom is 0.183 e. The molecule has 0 amide bonds. The number of morpholine rings is 1. The Kier molecular flexibility index (Phi) is 3.66. The van der Waals surface area contributed by atoms with Gasteiger partial charge in [-0.15, -0.1) is 0 Å². The van der Waals surface area contributed by atoms with Crippen LogP contribution in [-0.2, 0) is 9.47 Å². The molecule has 2 N–H and O–H groups in total. The first-order valence-corrected chi connectivity index (χ1v) is 7.91. The number of likely N-dealkylation sites (N-methyl/N-ethyl adjacent to an activating group) is 1. The van der Waals surface area contributed by atoms with E-state index in [2.05, 4.69) is 16.9 Å². The summed E-state index contributed by atoms with van der Waals surface area (Å²) in [6.07, 6.45) is 2.86. The number of nitrogens with one attached hydrogen (secondary N) is 1. The van der Waals surface area contributed by atoms with Gasteiger partial charge in [0.1, 0.15) is 0 Å². The molecule has 2 aliphatic heterocycles. The van der Waals surface area contributed by atoms with Gasteiger partial charge >= 0.3 is 0 Å². The highest BCUT2D eigenvalue weighted by Gasteiger charge is 2.38. The Balaban J connectivity index is 1.49. The van der Waals surface area contributed by atoms with Crippen LogP contribution in [-0.4, -0.2) is 53.4 Å². The quantitative estimate of drug-likeness (QED) is 0.852. The number of fused-ring (bicyclic) bond motifs is 3. The van der Waals surface area contributed by atoms with Gasteiger partial charge in [0.25, 0.3) is 0 Å². The van der Waals surface area contributed by atoms with E-state index < -0.39 is 6.29 Å². The smallest absolute Gasteiger partial charge is 0.183 e. The van der Waals surface area contributed by atoms with Crippen LogP contribution in [0.5, 0.6) is 0 Å². The van der Waals surface area contributed by atoms with Crippen molar-refractivity contribution in [2.75, 3.05) is 20.3 Å². The first kappa shape index (κ1) is 14.2. The minimum absolute atomic E-state index is 0.0822. The molecule has 5 nitrogen and oxygen atoms in total. The first-order valence-electron chi connectivity index (χ1n) is 7.91. The van der Waals surface area contributed by atoms with E-state index in [0.29, 0.717) is 12.1 Å². The molecule has 3 atom stereocenters. The summed E-state index contributed by atoms with van der Waals surface area (Å²) in [5, 5.41) is 11.5. The third-order valence-corrected chi connectivity index (χ3v) is 5.05. The normalized spacial score (nSPS) is 30.5. The zero-order valence-electron chi connectivity index (χ0n) is 12.7. The van der Waals surface area contributed by atoms with Gasteiger partial charge in [-0.25, -0.2) is 0 Å². The molecule has 3 unspecified atom stereocenters. The Morgan fingerprint density at radius 2 is 2.00 bits per heavy atom. The SMILES string of the molecule is CN1C2COCC1CC(OC(O)c1c[nH]c3ccccc13)C2. The highest BCUT2D eigenvalue weighted by atomic mass is 16.6. The van der Waals surface area contributed by atoms with Crippen molar-refractivity contribution in [3.05, 3.63) is 36.0 Å². The van der Waals surface area contributed by atoms with Gasteiger partial charge in [-0.05, 0) is 26.0 Å². The van der Waals surface area contributed by atoms with Crippen LogP contribution in [0.3, 0.4) is 0 Å². The molecule has 0 spiro atoms. The topological polar surface area (TPSA) is 57.7 Å². The maximum absolute atomic E-state index is 10.5. The lowest BCUT2D eigenvalue weighted by Gasteiger charge is -2.46. The van der Waals surface area contributed by atoms with E-state index in [1.165, 1.54) is 0 Å². The summed E-state index contributed by atoms with van der Waals surface area (Å²) in [5.74, 6) is 0. The fraction of sp³-hybridized carbons (Fsp3) is 0.529.